The Labute approximate surface area is 170 Å². The molecule has 1 aromatic heterocycles. The van der Waals surface area contributed by atoms with Crippen molar-refractivity contribution in [2.75, 3.05) is 20.1 Å². The number of hydrogen-bond acceptors (Lipinski definition) is 4. The third-order valence-corrected chi connectivity index (χ3v) is 7.34. The molecule has 3 aromatic rings. The third kappa shape index (κ3) is 3.52. The Morgan fingerprint density at radius 3 is 2.61 bits per heavy atom. The molecule has 1 fully saturated rings. The summed E-state index contributed by atoms with van der Waals surface area (Å²) in [5.74, 6) is 0.630. The molecule has 1 saturated heterocycles. The number of benzene rings is 2. The molecule has 0 atom stereocenters. The first-order valence-corrected chi connectivity index (χ1v) is 11.1. The van der Waals surface area contributed by atoms with Gasteiger partial charge in [-0.05, 0) is 56.6 Å². The second-order valence-electron chi connectivity index (χ2n) is 7.34. The smallest absolute Gasteiger partial charge is 0.268 e. The molecule has 2 aromatic carbocycles. The van der Waals surface area contributed by atoms with Gasteiger partial charge in [-0.1, -0.05) is 23.7 Å². The van der Waals surface area contributed by atoms with Crippen molar-refractivity contribution in [2.45, 2.75) is 30.8 Å². The summed E-state index contributed by atoms with van der Waals surface area (Å²) in [5.41, 5.74) is 1.49. The van der Waals surface area contributed by atoms with Crippen molar-refractivity contribution in [1.29, 1.82) is 0 Å². The fourth-order valence-electron chi connectivity index (χ4n) is 3.58. The normalized spacial score (nSPS) is 16.5. The lowest BCUT2D eigenvalue weighted by molar-refractivity contribution is 0.113. The molecule has 0 aliphatic carbocycles. The van der Waals surface area contributed by atoms with E-state index >= 15 is 0 Å². The molecule has 0 radical (unpaired) electrons. The summed E-state index contributed by atoms with van der Waals surface area (Å²) >= 11 is 6.20. The zero-order valence-corrected chi connectivity index (χ0v) is 17.5. The van der Waals surface area contributed by atoms with Crippen LogP contribution in [0.3, 0.4) is 0 Å². The van der Waals surface area contributed by atoms with Gasteiger partial charge in [0.15, 0.2) is 0 Å². The van der Waals surface area contributed by atoms with Gasteiger partial charge in [0.25, 0.3) is 10.0 Å². The van der Waals surface area contributed by atoms with Gasteiger partial charge in [-0.2, -0.15) is 0 Å². The topological polar surface area (TPSA) is 51.5 Å². The molecule has 0 amide bonds. The monoisotopic (exact) mass is 418 g/mol. The molecule has 0 unspecified atom stereocenters. The molecule has 0 spiro atoms. The number of likely N-dealkylation sites (tertiary alicyclic amines) is 1. The van der Waals surface area contributed by atoms with E-state index in [1.165, 1.54) is 3.97 Å². The largest absolute Gasteiger partial charge is 0.490 e. The Balaban J connectivity index is 1.69. The zero-order valence-electron chi connectivity index (χ0n) is 15.9. The summed E-state index contributed by atoms with van der Waals surface area (Å²) in [6.07, 6.45) is 3.53. The van der Waals surface area contributed by atoms with Crippen LogP contribution in [-0.2, 0) is 10.0 Å². The molecule has 5 nitrogen and oxygen atoms in total. The third-order valence-electron chi connectivity index (χ3n) is 5.32. The van der Waals surface area contributed by atoms with E-state index < -0.39 is 10.0 Å². The first-order valence-electron chi connectivity index (χ1n) is 9.33. The van der Waals surface area contributed by atoms with Crippen molar-refractivity contribution in [3.8, 4) is 5.75 Å². The maximum absolute atomic E-state index is 13.3. The minimum Gasteiger partial charge on any atom is -0.490 e. The minimum absolute atomic E-state index is 0.110. The van der Waals surface area contributed by atoms with Gasteiger partial charge < -0.3 is 9.64 Å². The highest BCUT2D eigenvalue weighted by atomic mass is 35.5. The van der Waals surface area contributed by atoms with Crippen LogP contribution in [0.1, 0.15) is 18.4 Å². The van der Waals surface area contributed by atoms with E-state index in [0.717, 1.165) is 31.5 Å². The first-order chi connectivity index (χ1) is 13.4. The minimum atomic E-state index is -3.76. The Morgan fingerprint density at radius 2 is 1.86 bits per heavy atom. The summed E-state index contributed by atoms with van der Waals surface area (Å²) < 4.78 is 34.0. The van der Waals surface area contributed by atoms with Crippen molar-refractivity contribution >= 4 is 32.5 Å². The van der Waals surface area contributed by atoms with Gasteiger partial charge in [-0.3, -0.25) is 0 Å². The Hall–Kier alpha value is -2.02. The average Bonchev–Trinajstić information content (AvgIpc) is 3.11. The van der Waals surface area contributed by atoms with E-state index in [-0.39, 0.29) is 11.0 Å². The van der Waals surface area contributed by atoms with Crippen molar-refractivity contribution in [3.63, 3.8) is 0 Å². The van der Waals surface area contributed by atoms with Gasteiger partial charge in [-0.25, -0.2) is 12.4 Å². The second kappa shape index (κ2) is 7.43. The van der Waals surface area contributed by atoms with Crippen LogP contribution in [0, 0.1) is 6.92 Å². The van der Waals surface area contributed by atoms with Crippen LogP contribution >= 0.6 is 11.6 Å². The van der Waals surface area contributed by atoms with E-state index in [1.54, 1.807) is 48.7 Å². The molecule has 7 heteroatoms. The number of halogens is 1. The number of piperidine rings is 1. The number of ether oxygens (including phenoxy) is 1. The highest BCUT2D eigenvalue weighted by Crippen LogP contribution is 2.30. The van der Waals surface area contributed by atoms with Crippen molar-refractivity contribution in [3.05, 3.63) is 59.2 Å². The maximum atomic E-state index is 13.3. The lowest BCUT2D eigenvalue weighted by Gasteiger charge is -2.29. The lowest BCUT2D eigenvalue weighted by Crippen LogP contribution is -2.35. The van der Waals surface area contributed by atoms with Crippen LogP contribution in [0.4, 0.5) is 0 Å². The van der Waals surface area contributed by atoms with Gasteiger partial charge >= 0.3 is 0 Å². The second-order valence-corrected chi connectivity index (χ2v) is 9.56. The van der Waals surface area contributed by atoms with Gasteiger partial charge in [-0.15, -0.1) is 0 Å². The summed E-state index contributed by atoms with van der Waals surface area (Å²) in [6.45, 7) is 3.90. The van der Waals surface area contributed by atoms with E-state index in [1.807, 2.05) is 6.92 Å². The molecule has 148 valence electrons. The summed E-state index contributed by atoms with van der Waals surface area (Å²) in [6, 6.07) is 12.0. The molecule has 1 aliphatic heterocycles. The molecule has 4 rings (SSSR count). The predicted molar refractivity (Wildman–Crippen MR) is 112 cm³/mol. The number of fused-ring (bicyclic) bond motifs is 1. The lowest BCUT2D eigenvalue weighted by atomic mass is 10.1. The molecule has 0 bridgehead atoms. The molecule has 1 aliphatic rings. The zero-order chi connectivity index (χ0) is 19.9. The Kier molecular flexibility index (Phi) is 5.12. The number of nitrogens with zero attached hydrogens (tertiary/aromatic N) is 2. The van der Waals surface area contributed by atoms with E-state index in [0.29, 0.717) is 21.7 Å². The van der Waals surface area contributed by atoms with Crippen LogP contribution in [0.2, 0.25) is 5.02 Å². The quantitative estimate of drug-likeness (QED) is 0.633. The van der Waals surface area contributed by atoms with Gasteiger partial charge in [0, 0.05) is 35.8 Å². The predicted octanol–water partition coefficient (Wildman–Crippen LogP) is 4.31. The van der Waals surface area contributed by atoms with Gasteiger partial charge in [0.1, 0.15) is 11.9 Å². The van der Waals surface area contributed by atoms with Crippen molar-refractivity contribution in [2.24, 2.45) is 0 Å². The van der Waals surface area contributed by atoms with Crippen molar-refractivity contribution in [1.82, 2.24) is 8.87 Å². The van der Waals surface area contributed by atoms with Crippen LogP contribution < -0.4 is 4.74 Å². The number of hydrogen-bond donors (Lipinski definition) is 0. The van der Waals surface area contributed by atoms with E-state index in [9.17, 15) is 8.42 Å². The number of rotatable bonds is 4. The summed E-state index contributed by atoms with van der Waals surface area (Å²) in [4.78, 5) is 2.48. The average molecular weight is 419 g/mol. The summed E-state index contributed by atoms with van der Waals surface area (Å²) in [7, 11) is -1.66. The van der Waals surface area contributed by atoms with Crippen LogP contribution in [0.15, 0.2) is 53.6 Å². The molecular formula is C21H23ClN2O3S. The van der Waals surface area contributed by atoms with Crippen LogP contribution in [0.5, 0.6) is 5.75 Å². The fourth-order valence-corrected chi connectivity index (χ4v) is 5.17. The van der Waals surface area contributed by atoms with Crippen LogP contribution in [0.25, 0.3) is 10.9 Å². The van der Waals surface area contributed by atoms with Crippen LogP contribution in [-0.4, -0.2) is 43.5 Å². The number of aromatic nitrogens is 1. The molecule has 0 N–H and O–H groups in total. The Bertz CT molecular complexity index is 1120. The molecular weight excluding hydrogens is 396 g/mol. The van der Waals surface area contributed by atoms with Gasteiger partial charge in [0.05, 0.1) is 10.4 Å². The van der Waals surface area contributed by atoms with Gasteiger partial charge in [0.2, 0.25) is 0 Å². The fraction of sp³-hybridized carbons (Fsp3) is 0.333. The first kappa shape index (κ1) is 19.3. The van der Waals surface area contributed by atoms with Crippen molar-refractivity contribution < 1.29 is 13.2 Å². The van der Waals surface area contributed by atoms with E-state index in [4.69, 9.17) is 16.3 Å². The standard InChI is InChI=1S/C21H23ClN2O3S/c1-15-6-7-17(14-21(15)27-16-8-11-23(2)12-9-16)28(25,26)24-13-10-18-19(22)4-3-5-20(18)24/h3-7,10,13-14,16H,8-9,11-12H2,1-2H3. The maximum Gasteiger partial charge on any atom is 0.268 e. The highest BCUT2D eigenvalue weighted by molar-refractivity contribution is 7.90. The summed E-state index contributed by atoms with van der Waals surface area (Å²) in [5, 5.41) is 1.24. The number of aryl methyl sites for hydroxylation is 1. The highest BCUT2D eigenvalue weighted by Gasteiger charge is 2.23. The SMILES string of the molecule is Cc1ccc(S(=O)(=O)n2ccc3c(Cl)cccc32)cc1OC1CCN(C)CC1. The molecule has 0 saturated carbocycles. The molecule has 28 heavy (non-hydrogen) atoms. The van der Waals surface area contributed by atoms with E-state index in [2.05, 4.69) is 11.9 Å². The Morgan fingerprint density at radius 1 is 1.11 bits per heavy atom. The molecule has 2 heterocycles.